The van der Waals surface area contributed by atoms with E-state index in [1.54, 1.807) is 19.9 Å². The molecule has 0 fully saturated rings. The molecule has 1 aromatic carbocycles. The Bertz CT molecular complexity index is 206. The average Bonchev–Trinajstić information content (AvgIpc) is 1.84. The smallest absolute Gasteiger partial charge is 0.394 e. The Morgan fingerprint density at radius 3 is 2.07 bits per heavy atom. The van der Waals surface area contributed by atoms with Gasteiger partial charge >= 0.3 is 21.1 Å². The SMILES string of the molecule is CC(C)O.Cc1[c-]ccc(F)c1.[CH3-].[W+2]. The van der Waals surface area contributed by atoms with Gasteiger partial charge in [-0.1, -0.05) is 6.92 Å². The van der Waals surface area contributed by atoms with E-state index in [0.717, 1.165) is 5.56 Å². The van der Waals surface area contributed by atoms with Gasteiger partial charge in [-0.15, -0.1) is 12.1 Å². The summed E-state index contributed by atoms with van der Waals surface area (Å²) in [6.45, 7) is 5.25. The van der Waals surface area contributed by atoms with Gasteiger partial charge in [0.15, 0.2) is 0 Å². The summed E-state index contributed by atoms with van der Waals surface area (Å²) in [7, 11) is 0. The largest absolute Gasteiger partial charge is 2.00 e. The number of rotatable bonds is 0. The molecule has 1 N–H and O–H groups in total. The van der Waals surface area contributed by atoms with Gasteiger partial charge in [-0.3, -0.25) is 0 Å². The summed E-state index contributed by atoms with van der Waals surface area (Å²) in [5, 5.41) is 8.06. The maximum absolute atomic E-state index is 12.1. The van der Waals surface area contributed by atoms with Crippen LogP contribution in [0.3, 0.4) is 0 Å². The van der Waals surface area contributed by atoms with Crippen LogP contribution in [0.15, 0.2) is 18.2 Å². The van der Waals surface area contributed by atoms with Crippen LogP contribution < -0.4 is 0 Å². The number of aryl methyl sites for hydroxylation is 1. The van der Waals surface area contributed by atoms with Crippen molar-refractivity contribution >= 4 is 0 Å². The van der Waals surface area contributed by atoms with Crippen LogP contribution in [0.2, 0.25) is 0 Å². The Kier molecular flexibility index (Phi) is 15.1. The molecule has 0 amide bonds. The predicted molar refractivity (Wildman–Crippen MR) is 53.7 cm³/mol. The van der Waals surface area contributed by atoms with Crippen LogP contribution in [-0.2, 0) is 21.1 Å². The van der Waals surface area contributed by atoms with Crippen molar-refractivity contribution < 1.29 is 30.6 Å². The summed E-state index contributed by atoms with van der Waals surface area (Å²) >= 11 is 0. The zero-order chi connectivity index (χ0) is 9.56. The molecule has 0 aliphatic carbocycles. The van der Waals surface area contributed by atoms with Crippen LogP contribution in [0.1, 0.15) is 19.4 Å². The molecule has 0 saturated heterocycles. The predicted octanol–water partition coefficient (Wildman–Crippen LogP) is 2.77. The van der Waals surface area contributed by atoms with Gasteiger partial charge in [0, 0.05) is 11.9 Å². The first-order valence-corrected chi connectivity index (χ1v) is 3.84. The quantitative estimate of drug-likeness (QED) is 0.699. The van der Waals surface area contributed by atoms with Gasteiger partial charge < -0.3 is 12.5 Å². The van der Waals surface area contributed by atoms with Gasteiger partial charge in [0.05, 0.1) is 0 Å². The van der Waals surface area contributed by atoms with Gasteiger partial charge in [-0.05, 0) is 13.8 Å². The zero-order valence-electron chi connectivity index (χ0n) is 9.04. The number of aliphatic hydroxyl groups is 1. The topological polar surface area (TPSA) is 20.2 Å². The molecule has 0 radical (unpaired) electrons. The summed E-state index contributed by atoms with van der Waals surface area (Å²) < 4.78 is 12.1. The molecular formula is C11H17FOW. The number of hydrogen-bond acceptors (Lipinski definition) is 1. The molecule has 0 saturated carbocycles. The third-order valence-electron chi connectivity index (χ3n) is 0.908. The second-order valence-electron chi connectivity index (χ2n) is 2.78. The van der Waals surface area contributed by atoms with Crippen molar-refractivity contribution in [3.63, 3.8) is 0 Å². The fraction of sp³-hybridized carbons (Fsp3) is 0.364. The maximum atomic E-state index is 12.1. The Morgan fingerprint density at radius 1 is 1.43 bits per heavy atom. The van der Waals surface area contributed by atoms with Gasteiger partial charge in [-0.25, -0.2) is 4.39 Å². The normalized spacial score (nSPS) is 7.86. The van der Waals surface area contributed by atoms with Crippen molar-refractivity contribution in [1.82, 2.24) is 0 Å². The molecule has 1 aromatic rings. The minimum Gasteiger partial charge on any atom is -0.394 e. The molecule has 0 aliphatic heterocycles. The first kappa shape index (κ1) is 19.4. The van der Waals surface area contributed by atoms with E-state index in [4.69, 9.17) is 5.11 Å². The van der Waals surface area contributed by atoms with Crippen LogP contribution in [0, 0.1) is 26.2 Å². The summed E-state index contributed by atoms with van der Waals surface area (Å²) in [6, 6.07) is 7.23. The Labute approximate surface area is 101 Å². The van der Waals surface area contributed by atoms with Gasteiger partial charge in [0.25, 0.3) is 0 Å². The molecule has 0 heterocycles. The Morgan fingerprint density at radius 2 is 1.86 bits per heavy atom. The number of benzene rings is 1. The number of hydrogen-bond donors (Lipinski definition) is 1. The van der Waals surface area contributed by atoms with Crippen molar-refractivity contribution in [3.05, 3.63) is 43.1 Å². The van der Waals surface area contributed by atoms with Crippen LogP contribution >= 0.6 is 0 Å². The van der Waals surface area contributed by atoms with E-state index in [1.165, 1.54) is 12.1 Å². The monoisotopic (exact) mass is 368 g/mol. The second kappa shape index (κ2) is 10.9. The summed E-state index contributed by atoms with van der Waals surface area (Å²) in [5.74, 6) is -0.193. The van der Waals surface area contributed by atoms with E-state index in [9.17, 15) is 4.39 Å². The van der Waals surface area contributed by atoms with Crippen molar-refractivity contribution in [2.75, 3.05) is 0 Å². The molecule has 0 bridgehead atoms. The molecular weight excluding hydrogens is 351 g/mol. The van der Waals surface area contributed by atoms with Crippen molar-refractivity contribution in [1.29, 1.82) is 0 Å². The Hall–Kier alpha value is -0.202. The number of aliphatic hydroxyl groups excluding tert-OH is 1. The molecule has 80 valence electrons. The maximum Gasteiger partial charge on any atom is 2.00 e. The molecule has 0 atom stereocenters. The summed E-state index contributed by atoms with van der Waals surface area (Å²) in [6.07, 6.45) is -0.167. The van der Waals surface area contributed by atoms with Crippen LogP contribution in [0.25, 0.3) is 0 Å². The van der Waals surface area contributed by atoms with Crippen molar-refractivity contribution in [2.45, 2.75) is 26.9 Å². The van der Waals surface area contributed by atoms with Gasteiger partial charge in [0.2, 0.25) is 0 Å². The Balaban J connectivity index is -0.000000180. The summed E-state index contributed by atoms with van der Waals surface area (Å²) in [4.78, 5) is 0. The number of halogens is 1. The molecule has 1 nitrogen and oxygen atoms in total. The average molecular weight is 368 g/mol. The molecule has 0 aromatic heterocycles. The first-order valence-electron chi connectivity index (χ1n) is 3.84. The molecule has 0 unspecified atom stereocenters. The zero-order valence-corrected chi connectivity index (χ0v) is 12.0. The minimum absolute atomic E-state index is 0. The van der Waals surface area contributed by atoms with E-state index in [-0.39, 0.29) is 40.4 Å². The van der Waals surface area contributed by atoms with Crippen molar-refractivity contribution in [2.24, 2.45) is 0 Å². The fourth-order valence-electron chi connectivity index (χ4n) is 0.549. The van der Waals surface area contributed by atoms with E-state index in [2.05, 4.69) is 6.07 Å². The van der Waals surface area contributed by atoms with Crippen LogP contribution in [-0.4, -0.2) is 11.2 Å². The molecule has 0 aliphatic rings. The van der Waals surface area contributed by atoms with E-state index in [1.807, 2.05) is 6.92 Å². The van der Waals surface area contributed by atoms with E-state index in [0.29, 0.717) is 0 Å². The third kappa shape index (κ3) is 14.3. The minimum atomic E-state index is -0.193. The molecule has 3 heteroatoms. The fourth-order valence-corrected chi connectivity index (χ4v) is 0.549. The standard InChI is InChI=1S/C7H6F.C3H8O.CH3.W/c1-6-3-2-4-7(8)5-6;1-3(2)4;;/h2,4-5H,1H3;3-4H,1-2H3;1H3;/q-1;;-1;+2. The van der Waals surface area contributed by atoms with Crippen LogP contribution in [0.4, 0.5) is 4.39 Å². The molecule has 14 heavy (non-hydrogen) atoms. The molecule has 1 rings (SSSR count). The van der Waals surface area contributed by atoms with Crippen molar-refractivity contribution in [3.8, 4) is 0 Å². The van der Waals surface area contributed by atoms with E-state index < -0.39 is 0 Å². The second-order valence-corrected chi connectivity index (χ2v) is 2.78. The van der Waals surface area contributed by atoms with Gasteiger partial charge in [0.1, 0.15) is 0 Å². The third-order valence-corrected chi connectivity index (χ3v) is 0.908. The van der Waals surface area contributed by atoms with Gasteiger partial charge in [-0.2, -0.15) is 17.7 Å². The summed E-state index contributed by atoms with van der Waals surface area (Å²) in [5.41, 5.74) is 0.838. The van der Waals surface area contributed by atoms with E-state index >= 15 is 0 Å². The molecule has 0 spiro atoms. The van der Waals surface area contributed by atoms with Crippen LogP contribution in [0.5, 0.6) is 0 Å². The first-order chi connectivity index (χ1) is 5.52.